The van der Waals surface area contributed by atoms with E-state index in [0.29, 0.717) is 18.6 Å². The first kappa shape index (κ1) is 23.6. The molecule has 0 fully saturated rings. The first-order valence-electron chi connectivity index (χ1n) is 12.1. The molecule has 0 bridgehead atoms. The summed E-state index contributed by atoms with van der Waals surface area (Å²) in [6, 6.07) is 34.3. The number of fused-ring (bicyclic) bond motifs is 2. The quantitative estimate of drug-likeness (QED) is 0.273. The van der Waals surface area contributed by atoms with Crippen LogP contribution in [0.4, 0.5) is 0 Å². The highest BCUT2D eigenvalue weighted by molar-refractivity contribution is 6.15. The van der Waals surface area contributed by atoms with E-state index in [4.69, 9.17) is 9.47 Å². The second-order valence-corrected chi connectivity index (χ2v) is 8.89. The maximum Gasteiger partial charge on any atom is 0.252 e. The summed E-state index contributed by atoms with van der Waals surface area (Å²) in [4.78, 5) is 13.9. The number of amides is 1. The fraction of sp³-hybridized carbons (Fsp3) is 0.156. The van der Waals surface area contributed by atoms with Crippen LogP contribution in [0.3, 0.4) is 0 Å². The van der Waals surface area contributed by atoms with Gasteiger partial charge in [-0.1, -0.05) is 91.0 Å². The van der Waals surface area contributed by atoms with Crippen LogP contribution in [0.5, 0.6) is 5.75 Å². The molecule has 0 aromatic heterocycles. The number of rotatable bonds is 8. The summed E-state index contributed by atoms with van der Waals surface area (Å²) in [5.74, 6) is 0.598. The lowest BCUT2D eigenvalue weighted by Gasteiger charge is -2.21. The van der Waals surface area contributed by atoms with Gasteiger partial charge in [-0.15, -0.1) is 0 Å². The predicted octanol–water partition coefficient (Wildman–Crippen LogP) is 6.66. The van der Waals surface area contributed by atoms with Crippen molar-refractivity contribution in [2.75, 3.05) is 20.8 Å². The van der Waals surface area contributed by atoms with Gasteiger partial charge in [0, 0.05) is 23.8 Å². The standard InChI is InChI=1S/C32H29NO3/c1-35-21-25(20-22-10-4-3-5-11-22)33-32(34)28-18-16-23-12-6-8-14-26(23)30(28)31-27-15-9-7-13-24(27)17-19-29(31)36-2/h3-19,25H,20-21H2,1-2H3,(H,33,34)/t25-/m1/s1. The molecule has 5 rings (SSSR count). The molecule has 180 valence electrons. The topological polar surface area (TPSA) is 47.6 Å². The fourth-order valence-corrected chi connectivity index (χ4v) is 4.92. The number of methoxy groups -OCH3 is 2. The zero-order valence-electron chi connectivity index (χ0n) is 20.5. The average molecular weight is 476 g/mol. The van der Waals surface area contributed by atoms with Gasteiger partial charge in [-0.25, -0.2) is 0 Å². The lowest BCUT2D eigenvalue weighted by atomic mass is 9.89. The van der Waals surface area contributed by atoms with Crippen LogP contribution in [0.25, 0.3) is 32.7 Å². The summed E-state index contributed by atoms with van der Waals surface area (Å²) in [7, 11) is 3.33. The van der Waals surface area contributed by atoms with Crippen molar-refractivity contribution in [1.82, 2.24) is 5.32 Å². The van der Waals surface area contributed by atoms with Crippen LogP contribution in [0.1, 0.15) is 15.9 Å². The SMILES string of the molecule is COC[C@@H](Cc1ccccc1)NC(=O)c1ccc2ccccc2c1-c1c(OC)ccc2ccccc12. The monoisotopic (exact) mass is 475 g/mol. The van der Waals surface area contributed by atoms with E-state index in [0.717, 1.165) is 44.0 Å². The minimum Gasteiger partial charge on any atom is -0.496 e. The van der Waals surface area contributed by atoms with E-state index in [-0.39, 0.29) is 11.9 Å². The van der Waals surface area contributed by atoms with Gasteiger partial charge < -0.3 is 14.8 Å². The predicted molar refractivity (Wildman–Crippen MR) is 147 cm³/mol. The molecule has 0 saturated carbocycles. The second-order valence-electron chi connectivity index (χ2n) is 8.89. The van der Waals surface area contributed by atoms with Crippen molar-refractivity contribution < 1.29 is 14.3 Å². The van der Waals surface area contributed by atoms with Crippen LogP contribution in [0.15, 0.2) is 103 Å². The fourth-order valence-electron chi connectivity index (χ4n) is 4.92. The molecule has 5 aromatic carbocycles. The number of carbonyl (C=O) groups excluding carboxylic acids is 1. The molecule has 0 radical (unpaired) electrons. The first-order chi connectivity index (χ1) is 17.7. The van der Waals surface area contributed by atoms with Crippen LogP contribution in [-0.2, 0) is 11.2 Å². The van der Waals surface area contributed by atoms with Gasteiger partial charge in [0.25, 0.3) is 5.91 Å². The van der Waals surface area contributed by atoms with Crippen LogP contribution >= 0.6 is 0 Å². The molecule has 0 unspecified atom stereocenters. The minimum absolute atomic E-state index is 0.135. The van der Waals surface area contributed by atoms with Crippen LogP contribution in [0, 0.1) is 0 Å². The Morgan fingerprint density at radius 1 is 0.722 bits per heavy atom. The zero-order valence-corrected chi connectivity index (χ0v) is 20.5. The summed E-state index contributed by atoms with van der Waals surface area (Å²) in [6.07, 6.45) is 0.681. The van der Waals surface area contributed by atoms with E-state index in [9.17, 15) is 4.79 Å². The number of hydrogen-bond acceptors (Lipinski definition) is 3. The average Bonchev–Trinajstić information content (AvgIpc) is 2.92. The molecule has 0 saturated heterocycles. The van der Waals surface area contributed by atoms with Crippen molar-refractivity contribution in [3.05, 3.63) is 114 Å². The van der Waals surface area contributed by atoms with Gasteiger partial charge in [0.1, 0.15) is 5.75 Å². The highest BCUT2D eigenvalue weighted by Gasteiger charge is 2.23. The van der Waals surface area contributed by atoms with Gasteiger partial charge in [-0.05, 0) is 45.7 Å². The van der Waals surface area contributed by atoms with Gasteiger partial charge in [0.2, 0.25) is 0 Å². The van der Waals surface area contributed by atoms with Crippen molar-refractivity contribution in [3.63, 3.8) is 0 Å². The van der Waals surface area contributed by atoms with Crippen molar-refractivity contribution >= 4 is 27.5 Å². The van der Waals surface area contributed by atoms with Crippen molar-refractivity contribution in [1.29, 1.82) is 0 Å². The normalized spacial score (nSPS) is 11.9. The van der Waals surface area contributed by atoms with Gasteiger partial charge >= 0.3 is 0 Å². The van der Waals surface area contributed by atoms with Gasteiger partial charge in [0.05, 0.1) is 19.8 Å². The van der Waals surface area contributed by atoms with Crippen LogP contribution in [0.2, 0.25) is 0 Å². The minimum atomic E-state index is -0.168. The number of benzene rings is 5. The Morgan fingerprint density at radius 3 is 2.00 bits per heavy atom. The Hall–Kier alpha value is -4.15. The third-order valence-electron chi connectivity index (χ3n) is 6.56. The van der Waals surface area contributed by atoms with E-state index in [2.05, 4.69) is 47.8 Å². The van der Waals surface area contributed by atoms with Crippen LogP contribution < -0.4 is 10.1 Å². The molecule has 4 nitrogen and oxygen atoms in total. The number of nitrogens with one attached hydrogen (secondary N) is 1. The Bertz CT molecular complexity index is 1510. The molecular formula is C32H29NO3. The first-order valence-corrected chi connectivity index (χ1v) is 12.1. The van der Waals surface area contributed by atoms with E-state index in [1.807, 2.05) is 60.7 Å². The third-order valence-corrected chi connectivity index (χ3v) is 6.56. The lowest BCUT2D eigenvalue weighted by molar-refractivity contribution is 0.0897. The molecule has 1 amide bonds. The molecule has 4 heteroatoms. The third kappa shape index (κ3) is 4.68. The molecular weight excluding hydrogens is 446 g/mol. The summed E-state index contributed by atoms with van der Waals surface area (Å²) in [6.45, 7) is 0.418. The number of hydrogen-bond donors (Lipinski definition) is 1. The van der Waals surface area contributed by atoms with E-state index < -0.39 is 0 Å². The Morgan fingerprint density at radius 2 is 1.33 bits per heavy atom. The molecule has 0 aliphatic carbocycles. The van der Waals surface area contributed by atoms with E-state index in [1.165, 1.54) is 0 Å². The van der Waals surface area contributed by atoms with Crippen molar-refractivity contribution in [2.24, 2.45) is 0 Å². The molecule has 1 atom stereocenters. The highest BCUT2D eigenvalue weighted by atomic mass is 16.5. The molecule has 5 aromatic rings. The molecule has 1 N–H and O–H groups in total. The molecule has 0 spiro atoms. The summed E-state index contributed by atoms with van der Waals surface area (Å²) in [5, 5.41) is 7.44. The highest BCUT2D eigenvalue weighted by Crippen LogP contribution is 2.42. The maximum atomic E-state index is 13.9. The van der Waals surface area contributed by atoms with Gasteiger partial charge in [-0.3, -0.25) is 4.79 Å². The zero-order chi connectivity index (χ0) is 24.9. The number of ether oxygens (including phenoxy) is 2. The van der Waals surface area contributed by atoms with E-state index in [1.54, 1.807) is 14.2 Å². The summed E-state index contributed by atoms with van der Waals surface area (Å²) >= 11 is 0. The number of carbonyl (C=O) groups is 1. The largest absolute Gasteiger partial charge is 0.496 e. The second kappa shape index (κ2) is 10.6. The van der Waals surface area contributed by atoms with Crippen LogP contribution in [-0.4, -0.2) is 32.8 Å². The van der Waals surface area contributed by atoms with Crippen molar-refractivity contribution in [2.45, 2.75) is 12.5 Å². The Kier molecular flexibility index (Phi) is 6.96. The lowest BCUT2D eigenvalue weighted by Crippen LogP contribution is -2.39. The smallest absolute Gasteiger partial charge is 0.252 e. The molecule has 36 heavy (non-hydrogen) atoms. The Labute approximate surface area is 211 Å². The molecule has 0 aliphatic heterocycles. The molecule has 0 heterocycles. The summed E-state index contributed by atoms with van der Waals surface area (Å²) in [5.41, 5.74) is 3.55. The summed E-state index contributed by atoms with van der Waals surface area (Å²) < 4.78 is 11.3. The van der Waals surface area contributed by atoms with E-state index >= 15 is 0 Å². The molecule has 0 aliphatic rings. The maximum absolute atomic E-state index is 13.9. The van der Waals surface area contributed by atoms with Gasteiger partial charge in [-0.2, -0.15) is 0 Å². The van der Waals surface area contributed by atoms with Gasteiger partial charge in [0.15, 0.2) is 0 Å². The van der Waals surface area contributed by atoms with Crippen molar-refractivity contribution in [3.8, 4) is 16.9 Å². The Balaban J connectivity index is 1.65.